The molecule has 0 bridgehead atoms. The average Bonchev–Trinajstić information content (AvgIpc) is 2.39. The summed E-state index contributed by atoms with van der Waals surface area (Å²) in [5.74, 6) is 0.0136. The zero-order valence-corrected chi connectivity index (χ0v) is 10.2. The van der Waals surface area contributed by atoms with Crippen molar-refractivity contribution >= 4 is 11.6 Å². The highest BCUT2D eigenvalue weighted by atomic mass is 16.1. The van der Waals surface area contributed by atoms with Crippen molar-refractivity contribution in [2.24, 2.45) is 11.7 Å². The highest BCUT2D eigenvalue weighted by Gasteiger charge is 2.25. The van der Waals surface area contributed by atoms with Gasteiger partial charge in [0.05, 0.1) is 11.6 Å². The van der Waals surface area contributed by atoms with Gasteiger partial charge in [0.2, 0.25) is 5.91 Å². The highest BCUT2D eigenvalue weighted by Crippen LogP contribution is 2.24. The van der Waals surface area contributed by atoms with Gasteiger partial charge in [-0.2, -0.15) is 5.26 Å². The molecule has 4 nitrogen and oxygen atoms in total. The third-order valence-corrected chi connectivity index (χ3v) is 3.34. The van der Waals surface area contributed by atoms with Crippen LogP contribution in [0.25, 0.3) is 0 Å². The Labute approximate surface area is 107 Å². The van der Waals surface area contributed by atoms with Gasteiger partial charge >= 0.3 is 0 Å². The first kappa shape index (κ1) is 12.6. The summed E-state index contributed by atoms with van der Waals surface area (Å²) in [6, 6.07) is 9.15. The lowest BCUT2D eigenvalue weighted by Crippen LogP contribution is -2.34. The standard InChI is InChI=1S/C14H17N3O/c15-9-10-3-1-6-13(7-10)17-14(18)11-4-2-5-12(16)8-11/h1,3,6-7,11-12H,2,4-5,8,16H2,(H,17,18). The third-order valence-electron chi connectivity index (χ3n) is 3.34. The Kier molecular flexibility index (Phi) is 3.96. The van der Waals surface area contributed by atoms with E-state index in [4.69, 9.17) is 11.0 Å². The Balaban J connectivity index is 2.00. The van der Waals surface area contributed by atoms with Crippen molar-refractivity contribution in [3.63, 3.8) is 0 Å². The van der Waals surface area contributed by atoms with E-state index in [9.17, 15) is 4.79 Å². The van der Waals surface area contributed by atoms with Crippen LogP contribution >= 0.6 is 0 Å². The molecule has 0 aromatic heterocycles. The van der Waals surface area contributed by atoms with Crippen LogP contribution in [0, 0.1) is 17.2 Å². The molecule has 1 saturated carbocycles. The van der Waals surface area contributed by atoms with E-state index >= 15 is 0 Å². The van der Waals surface area contributed by atoms with Crippen LogP contribution in [0.2, 0.25) is 0 Å². The predicted octanol–water partition coefficient (Wildman–Crippen LogP) is 2.01. The number of nitrogens with zero attached hydrogens (tertiary/aromatic N) is 1. The summed E-state index contributed by atoms with van der Waals surface area (Å²) in [5.41, 5.74) is 7.11. The van der Waals surface area contributed by atoms with Crippen LogP contribution in [0.5, 0.6) is 0 Å². The Morgan fingerprint density at radius 2 is 2.28 bits per heavy atom. The molecule has 0 radical (unpaired) electrons. The molecule has 1 aliphatic carbocycles. The third kappa shape index (κ3) is 3.08. The van der Waals surface area contributed by atoms with Gasteiger partial charge in [-0.1, -0.05) is 12.5 Å². The molecule has 2 rings (SSSR count). The SMILES string of the molecule is N#Cc1cccc(NC(=O)C2CCCC(N)C2)c1. The number of hydrogen-bond donors (Lipinski definition) is 2. The van der Waals surface area contributed by atoms with Gasteiger partial charge in [0.25, 0.3) is 0 Å². The summed E-state index contributed by atoms with van der Waals surface area (Å²) in [7, 11) is 0. The zero-order chi connectivity index (χ0) is 13.0. The summed E-state index contributed by atoms with van der Waals surface area (Å²) in [6.07, 6.45) is 3.67. The largest absolute Gasteiger partial charge is 0.328 e. The second-order valence-corrected chi connectivity index (χ2v) is 4.81. The van der Waals surface area contributed by atoms with E-state index < -0.39 is 0 Å². The molecule has 3 N–H and O–H groups in total. The summed E-state index contributed by atoms with van der Waals surface area (Å²) in [4.78, 5) is 12.1. The van der Waals surface area contributed by atoms with Gasteiger partial charge in [-0.3, -0.25) is 4.79 Å². The smallest absolute Gasteiger partial charge is 0.227 e. The molecule has 2 atom stereocenters. The van der Waals surface area contributed by atoms with E-state index in [1.165, 1.54) is 0 Å². The molecular formula is C14H17N3O. The molecule has 0 spiro atoms. The van der Waals surface area contributed by atoms with Gasteiger partial charge in [-0.25, -0.2) is 0 Å². The molecule has 18 heavy (non-hydrogen) atoms. The molecule has 0 aliphatic heterocycles. The summed E-state index contributed by atoms with van der Waals surface area (Å²) >= 11 is 0. The van der Waals surface area contributed by atoms with Crippen molar-refractivity contribution < 1.29 is 4.79 Å². The zero-order valence-electron chi connectivity index (χ0n) is 10.2. The lowest BCUT2D eigenvalue weighted by atomic mass is 9.85. The van der Waals surface area contributed by atoms with Crippen LogP contribution < -0.4 is 11.1 Å². The van der Waals surface area contributed by atoms with E-state index in [1.54, 1.807) is 24.3 Å². The second kappa shape index (κ2) is 5.65. The van der Waals surface area contributed by atoms with Gasteiger partial charge in [0.15, 0.2) is 0 Å². The second-order valence-electron chi connectivity index (χ2n) is 4.81. The monoisotopic (exact) mass is 243 g/mol. The highest BCUT2D eigenvalue weighted by molar-refractivity contribution is 5.92. The van der Waals surface area contributed by atoms with E-state index in [-0.39, 0.29) is 17.9 Å². The number of benzene rings is 1. The first-order valence-corrected chi connectivity index (χ1v) is 6.25. The number of nitriles is 1. The van der Waals surface area contributed by atoms with Gasteiger partial charge in [0.1, 0.15) is 0 Å². The number of nitrogens with one attached hydrogen (secondary N) is 1. The summed E-state index contributed by atoms with van der Waals surface area (Å²) in [6.45, 7) is 0. The van der Waals surface area contributed by atoms with Crippen LogP contribution in [0.15, 0.2) is 24.3 Å². The van der Waals surface area contributed by atoms with E-state index in [1.807, 2.05) is 0 Å². The maximum atomic E-state index is 12.1. The molecule has 2 unspecified atom stereocenters. The molecule has 1 amide bonds. The van der Waals surface area contributed by atoms with Crippen molar-refractivity contribution in [1.29, 1.82) is 5.26 Å². The van der Waals surface area contributed by atoms with E-state index in [0.29, 0.717) is 11.3 Å². The Morgan fingerprint density at radius 1 is 1.44 bits per heavy atom. The quantitative estimate of drug-likeness (QED) is 0.834. The van der Waals surface area contributed by atoms with Crippen LogP contribution in [-0.2, 0) is 4.79 Å². The molecule has 4 heteroatoms. The van der Waals surface area contributed by atoms with Gasteiger partial charge in [-0.15, -0.1) is 0 Å². The molecular weight excluding hydrogens is 226 g/mol. The Bertz CT molecular complexity index is 478. The fourth-order valence-corrected chi connectivity index (χ4v) is 2.38. The van der Waals surface area contributed by atoms with Crippen LogP contribution in [0.4, 0.5) is 5.69 Å². The first-order valence-electron chi connectivity index (χ1n) is 6.25. The minimum absolute atomic E-state index is 0.000471. The van der Waals surface area contributed by atoms with Crippen molar-refractivity contribution in [2.45, 2.75) is 31.7 Å². The van der Waals surface area contributed by atoms with Gasteiger partial charge in [0, 0.05) is 17.6 Å². The summed E-state index contributed by atoms with van der Waals surface area (Å²) < 4.78 is 0. The lowest BCUT2D eigenvalue weighted by Gasteiger charge is -2.25. The Hall–Kier alpha value is -1.86. The van der Waals surface area contributed by atoms with Crippen molar-refractivity contribution in [2.75, 3.05) is 5.32 Å². The molecule has 0 heterocycles. The number of hydrogen-bond acceptors (Lipinski definition) is 3. The molecule has 0 saturated heterocycles. The predicted molar refractivity (Wildman–Crippen MR) is 69.7 cm³/mol. The topological polar surface area (TPSA) is 78.9 Å². The van der Waals surface area contributed by atoms with E-state index in [2.05, 4.69) is 11.4 Å². The number of rotatable bonds is 2. The van der Waals surface area contributed by atoms with Gasteiger partial charge in [-0.05, 0) is 37.5 Å². The number of amides is 1. The van der Waals surface area contributed by atoms with Crippen molar-refractivity contribution in [3.8, 4) is 6.07 Å². The minimum Gasteiger partial charge on any atom is -0.328 e. The number of carbonyl (C=O) groups is 1. The van der Waals surface area contributed by atoms with Crippen molar-refractivity contribution in [1.82, 2.24) is 0 Å². The number of anilines is 1. The summed E-state index contributed by atoms with van der Waals surface area (Å²) in [5, 5.41) is 11.7. The fourth-order valence-electron chi connectivity index (χ4n) is 2.38. The van der Waals surface area contributed by atoms with Crippen LogP contribution in [-0.4, -0.2) is 11.9 Å². The Morgan fingerprint density at radius 3 is 3.00 bits per heavy atom. The fraction of sp³-hybridized carbons (Fsp3) is 0.429. The normalized spacial score (nSPS) is 23.1. The maximum Gasteiger partial charge on any atom is 0.227 e. The molecule has 1 aromatic rings. The van der Waals surface area contributed by atoms with Crippen LogP contribution in [0.3, 0.4) is 0 Å². The first-order chi connectivity index (χ1) is 8.69. The molecule has 1 fully saturated rings. The minimum atomic E-state index is -0.000471. The average molecular weight is 243 g/mol. The number of carbonyl (C=O) groups excluding carboxylic acids is 1. The maximum absolute atomic E-state index is 12.1. The molecule has 1 aliphatic rings. The molecule has 94 valence electrons. The van der Waals surface area contributed by atoms with E-state index in [0.717, 1.165) is 25.7 Å². The molecule has 1 aromatic carbocycles. The van der Waals surface area contributed by atoms with Gasteiger partial charge < -0.3 is 11.1 Å². The number of nitrogens with two attached hydrogens (primary N) is 1. The van der Waals surface area contributed by atoms with Crippen LogP contribution in [0.1, 0.15) is 31.2 Å². The lowest BCUT2D eigenvalue weighted by molar-refractivity contribution is -0.120. The van der Waals surface area contributed by atoms with Crippen molar-refractivity contribution in [3.05, 3.63) is 29.8 Å².